The zero-order chi connectivity index (χ0) is 40.7. The van der Waals surface area contributed by atoms with Crippen LogP contribution in [-0.4, -0.2) is 36.4 Å². The first-order chi connectivity index (χ1) is 27.6. The number of aliphatic hydroxyl groups is 1. The Labute approximate surface area is 350 Å². The lowest BCUT2D eigenvalue weighted by Crippen LogP contribution is -2.28. The molecule has 0 spiro atoms. The predicted molar refractivity (Wildman–Crippen MR) is 242 cm³/mol. The van der Waals surface area contributed by atoms with Gasteiger partial charge in [-0.25, -0.2) is 0 Å². The van der Waals surface area contributed by atoms with Crippen LogP contribution in [0.25, 0.3) is 0 Å². The molecule has 0 saturated heterocycles. The van der Waals surface area contributed by atoms with Crippen molar-refractivity contribution in [2.75, 3.05) is 13.2 Å². The molecule has 0 bridgehead atoms. The maximum Gasteiger partial charge on any atom is 0.306 e. The van der Waals surface area contributed by atoms with E-state index < -0.39 is 6.10 Å². The number of carbonyl (C=O) groups excluding carboxylic acids is 2. The van der Waals surface area contributed by atoms with Gasteiger partial charge in [0.15, 0.2) is 6.10 Å². The molecule has 1 atom stereocenters. The minimum atomic E-state index is -0.763. The summed E-state index contributed by atoms with van der Waals surface area (Å²) in [6, 6.07) is 0. The molecule has 0 aromatic carbocycles. The lowest BCUT2D eigenvalue weighted by Gasteiger charge is -2.15. The molecule has 0 radical (unpaired) electrons. The molecule has 0 aromatic heterocycles. The molecule has 0 aliphatic rings. The highest BCUT2D eigenvalue weighted by molar-refractivity contribution is 5.70. The molecule has 5 heteroatoms. The molecule has 0 aliphatic heterocycles. The number of aliphatic hydroxyl groups excluding tert-OH is 1. The minimum absolute atomic E-state index is 0.0560. The largest absolute Gasteiger partial charge is 0.462 e. The zero-order valence-corrected chi connectivity index (χ0v) is 38.2. The van der Waals surface area contributed by atoms with Crippen LogP contribution in [0.2, 0.25) is 0 Å². The second-order valence-corrected chi connectivity index (χ2v) is 17.6. The van der Waals surface area contributed by atoms with E-state index in [1.807, 2.05) is 0 Å². The Morgan fingerprint density at radius 3 is 0.786 bits per heavy atom. The number of esters is 2. The van der Waals surface area contributed by atoms with Gasteiger partial charge in [0.2, 0.25) is 0 Å². The summed E-state index contributed by atoms with van der Waals surface area (Å²) in [7, 11) is 0. The van der Waals surface area contributed by atoms with Crippen molar-refractivity contribution in [2.24, 2.45) is 0 Å². The molecule has 0 aliphatic carbocycles. The molecule has 0 aromatic rings. The maximum atomic E-state index is 12.3. The van der Waals surface area contributed by atoms with Gasteiger partial charge in [0, 0.05) is 12.8 Å². The Hall–Kier alpha value is -1.10. The SMILES string of the molecule is CCCCCCCCCCCCCCCCCCCCCCCCCCC(=O)OC(CO)COC(=O)CCCCCCCCCCCCCCCCCCCC. The van der Waals surface area contributed by atoms with Gasteiger partial charge in [0.25, 0.3) is 0 Å². The molecule has 1 N–H and O–H groups in total. The van der Waals surface area contributed by atoms with E-state index in [2.05, 4.69) is 13.8 Å². The van der Waals surface area contributed by atoms with Crippen LogP contribution in [0.3, 0.4) is 0 Å². The van der Waals surface area contributed by atoms with E-state index >= 15 is 0 Å². The van der Waals surface area contributed by atoms with Gasteiger partial charge >= 0.3 is 11.9 Å². The lowest BCUT2D eigenvalue weighted by atomic mass is 10.0. The number of ether oxygens (including phenoxy) is 2. The molecule has 0 saturated carbocycles. The smallest absolute Gasteiger partial charge is 0.306 e. The summed E-state index contributed by atoms with van der Waals surface area (Å²) < 4.78 is 10.7. The van der Waals surface area contributed by atoms with Crippen LogP contribution in [0.15, 0.2) is 0 Å². The van der Waals surface area contributed by atoms with Gasteiger partial charge in [-0.2, -0.15) is 0 Å². The molecule has 1 unspecified atom stereocenters. The molecule has 334 valence electrons. The van der Waals surface area contributed by atoms with Gasteiger partial charge in [-0.05, 0) is 12.8 Å². The highest BCUT2D eigenvalue weighted by atomic mass is 16.6. The average molecular weight is 793 g/mol. The van der Waals surface area contributed by atoms with Crippen molar-refractivity contribution in [3.8, 4) is 0 Å². The van der Waals surface area contributed by atoms with Crippen molar-refractivity contribution >= 4 is 11.9 Å². The second kappa shape index (κ2) is 48.3. The first-order valence-corrected chi connectivity index (χ1v) is 25.6. The number of hydrogen-bond donors (Lipinski definition) is 1. The zero-order valence-electron chi connectivity index (χ0n) is 38.2. The van der Waals surface area contributed by atoms with Crippen molar-refractivity contribution in [1.82, 2.24) is 0 Å². The van der Waals surface area contributed by atoms with E-state index in [0.29, 0.717) is 12.8 Å². The van der Waals surface area contributed by atoms with Crippen LogP contribution in [0.1, 0.15) is 296 Å². The van der Waals surface area contributed by atoms with E-state index in [1.165, 1.54) is 238 Å². The van der Waals surface area contributed by atoms with Crippen molar-refractivity contribution < 1.29 is 24.2 Å². The Balaban J connectivity index is 3.41. The molecular formula is C51H100O5. The maximum absolute atomic E-state index is 12.3. The fraction of sp³-hybridized carbons (Fsp3) is 0.961. The van der Waals surface area contributed by atoms with Crippen LogP contribution < -0.4 is 0 Å². The van der Waals surface area contributed by atoms with E-state index in [9.17, 15) is 14.7 Å². The highest BCUT2D eigenvalue weighted by Gasteiger charge is 2.16. The summed E-state index contributed by atoms with van der Waals surface area (Å²) in [5.41, 5.74) is 0. The standard InChI is InChI=1S/C51H100O5/c1-3-5-7-9-11-13-15-17-19-21-23-24-25-26-27-28-30-32-34-36-38-40-42-44-46-51(54)56-49(47-52)48-55-50(53)45-43-41-39-37-35-33-31-29-22-20-18-16-14-12-10-8-6-4-2/h49,52H,3-48H2,1-2H3. The molecular weight excluding hydrogens is 693 g/mol. The predicted octanol–water partition coefficient (Wildman–Crippen LogP) is 16.6. The number of rotatable bonds is 48. The number of unbranched alkanes of at least 4 members (excludes halogenated alkanes) is 40. The monoisotopic (exact) mass is 793 g/mol. The summed E-state index contributed by atoms with van der Waals surface area (Å²) in [6.45, 7) is 4.20. The molecule has 56 heavy (non-hydrogen) atoms. The molecule has 0 fully saturated rings. The fourth-order valence-corrected chi connectivity index (χ4v) is 8.03. The third kappa shape index (κ3) is 45.6. The van der Waals surface area contributed by atoms with Crippen LogP contribution in [0, 0.1) is 0 Å². The Morgan fingerprint density at radius 1 is 0.339 bits per heavy atom. The highest BCUT2D eigenvalue weighted by Crippen LogP contribution is 2.17. The van der Waals surface area contributed by atoms with Crippen LogP contribution in [0.4, 0.5) is 0 Å². The number of hydrogen-bond acceptors (Lipinski definition) is 5. The van der Waals surface area contributed by atoms with Crippen LogP contribution in [0.5, 0.6) is 0 Å². The van der Waals surface area contributed by atoms with E-state index in [1.54, 1.807) is 0 Å². The first kappa shape index (κ1) is 54.9. The Bertz CT molecular complexity index is 769. The summed E-state index contributed by atoms with van der Waals surface area (Å²) >= 11 is 0. The third-order valence-electron chi connectivity index (χ3n) is 11.9. The molecule has 0 amide bonds. The normalized spacial score (nSPS) is 12.0. The van der Waals surface area contributed by atoms with Gasteiger partial charge in [-0.3, -0.25) is 9.59 Å². The van der Waals surface area contributed by atoms with E-state index in [4.69, 9.17) is 9.47 Å². The molecule has 0 heterocycles. The third-order valence-corrected chi connectivity index (χ3v) is 11.9. The van der Waals surface area contributed by atoms with Gasteiger partial charge in [-0.1, -0.05) is 271 Å². The van der Waals surface area contributed by atoms with Crippen molar-refractivity contribution in [3.63, 3.8) is 0 Å². The Morgan fingerprint density at radius 2 is 0.554 bits per heavy atom. The lowest BCUT2D eigenvalue weighted by molar-refractivity contribution is -0.161. The van der Waals surface area contributed by atoms with E-state index in [-0.39, 0.29) is 25.2 Å². The summed E-state index contributed by atoms with van der Waals surface area (Å²) in [4.78, 5) is 24.4. The topological polar surface area (TPSA) is 72.8 Å². The van der Waals surface area contributed by atoms with Crippen LogP contribution in [-0.2, 0) is 19.1 Å². The molecule has 5 nitrogen and oxygen atoms in total. The summed E-state index contributed by atoms with van der Waals surface area (Å²) in [5.74, 6) is -0.566. The van der Waals surface area contributed by atoms with Gasteiger partial charge in [0.05, 0.1) is 6.61 Å². The minimum Gasteiger partial charge on any atom is -0.462 e. The van der Waals surface area contributed by atoms with Crippen LogP contribution >= 0.6 is 0 Å². The van der Waals surface area contributed by atoms with Gasteiger partial charge in [-0.15, -0.1) is 0 Å². The average Bonchev–Trinajstić information content (AvgIpc) is 3.20. The fourth-order valence-electron chi connectivity index (χ4n) is 8.03. The summed E-state index contributed by atoms with van der Waals surface area (Å²) in [5, 5.41) is 9.62. The van der Waals surface area contributed by atoms with Gasteiger partial charge < -0.3 is 14.6 Å². The number of carbonyl (C=O) groups is 2. The van der Waals surface area contributed by atoms with Gasteiger partial charge in [0.1, 0.15) is 6.61 Å². The van der Waals surface area contributed by atoms with Crippen molar-refractivity contribution in [2.45, 2.75) is 302 Å². The summed E-state index contributed by atoms with van der Waals surface area (Å²) in [6.07, 6.45) is 56.3. The van der Waals surface area contributed by atoms with E-state index in [0.717, 1.165) is 32.1 Å². The molecule has 0 rings (SSSR count). The first-order valence-electron chi connectivity index (χ1n) is 25.6. The second-order valence-electron chi connectivity index (χ2n) is 17.6. The van der Waals surface area contributed by atoms with Crippen molar-refractivity contribution in [1.29, 1.82) is 0 Å². The Kier molecular flexibility index (Phi) is 47.3. The van der Waals surface area contributed by atoms with Crippen molar-refractivity contribution in [3.05, 3.63) is 0 Å². The quantitative estimate of drug-likeness (QED) is 0.0491.